The van der Waals surface area contributed by atoms with Gasteiger partial charge in [-0.15, -0.1) is 0 Å². The minimum atomic E-state index is -3.13. The number of ether oxygens (including phenoxy) is 2. The summed E-state index contributed by atoms with van der Waals surface area (Å²) in [6.07, 6.45) is 6.22. The van der Waals surface area contributed by atoms with Crippen molar-refractivity contribution in [3.8, 4) is 0 Å². The molecule has 6 heteroatoms. The molecule has 3 aliphatic rings. The fraction of sp³-hybridized carbons (Fsp3) is 1.00. The molecule has 2 aliphatic heterocycles. The number of hydrogen-bond donors (Lipinski definition) is 0. The molecule has 0 N–H and O–H groups in total. The first kappa shape index (κ1) is 16.7. The van der Waals surface area contributed by atoms with Crippen molar-refractivity contribution in [2.24, 2.45) is 11.3 Å². The Morgan fingerprint density at radius 3 is 2.86 bits per heavy atom. The smallest absolute Gasteiger partial charge is 0.214 e. The van der Waals surface area contributed by atoms with E-state index in [1.807, 2.05) is 6.92 Å². The maximum atomic E-state index is 12.4. The van der Waals surface area contributed by atoms with E-state index in [0.29, 0.717) is 26.1 Å². The molecule has 2 atom stereocenters. The van der Waals surface area contributed by atoms with Crippen molar-refractivity contribution in [2.45, 2.75) is 51.6 Å². The summed E-state index contributed by atoms with van der Waals surface area (Å²) in [5, 5.41) is 0. The van der Waals surface area contributed by atoms with Crippen molar-refractivity contribution in [1.29, 1.82) is 0 Å². The summed E-state index contributed by atoms with van der Waals surface area (Å²) < 4.78 is 38.5. The van der Waals surface area contributed by atoms with Gasteiger partial charge in [0.15, 0.2) is 0 Å². The monoisotopic (exact) mass is 331 g/mol. The van der Waals surface area contributed by atoms with Crippen LogP contribution in [0.4, 0.5) is 0 Å². The zero-order valence-electron chi connectivity index (χ0n) is 13.6. The van der Waals surface area contributed by atoms with Crippen LogP contribution >= 0.6 is 0 Å². The third kappa shape index (κ3) is 3.66. The van der Waals surface area contributed by atoms with E-state index in [2.05, 4.69) is 0 Å². The van der Waals surface area contributed by atoms with Crippen LogP contribution in [0.5, 0.6) is 0 Å². The van der Waals surface area contributed by atoms with E-state index >= 15 is 0 Å². The van der Waals surface area contributed by atoms with E-state index in [1.165, 1.54) is 12.8 Å². The van der Waals surface area contributed by atoms with Crippen LogP contribution in [0, 0.1) is 11.3 Å². The molecule has 128 valence electrons. The fourth-order valence-corrected chi connectivity index (χ4v) is 5.41. The van der Waals surface area contributed by atoms with Crippen molar-refractivity contribution in [3.05, 3.63) is 0 Å². The maximum absolute atomic E-state index is 12.4. The molecule has 22 heavy (non-hydrogen) atoms. The minimum absolute atomic E-state index is 0.133. The molecule has 1 aliphatic carbocycles. The summed E-state index contributed by atoms with van der Waals surface area (Å²) in [5.41, 5.74) is -0.133. The van der Waals surface area contributed by atoms with Gasteiger partial charge in [-0.1, -0.05) is 6.92 Å². The minimum Gasteiger partial charge on any atom is -0.380 e. The van der Waals surface area contributed by atoms with E-state index in [9.17, 15) is 8.42 Å². The second-order valence-electron chi connectivity index (χ2n) is 7.22. The zero-order valence-corrected chi connectivity index (χ0v) is 14.4. The Morgan fingerprint density at radius 2 is 2.14 bits per heavy atom. The van der Waals surface area contributed by atoms with Crippen LogP contribution in [0.1, 0.15) is 45.4 Å². The molecule has 0 spiro atoms. The topological polar surface area (TPSA) is 55.8 Å². The number of fused-ring (bicyclic) bond motifs is 1. The number of nitrogens with zero attached hydrogens (tertiary/aromatic N) is 1. The number of sulfonamides is 1. The molecule has 3 rings (SSSR count). The first-order valence-electron chi connectivity index (χ1n) is 8.73. The van der Waals surface area contributed by atoms with Gasteiger partial charge in [0.1, 0.15) is 0 Å². The largest absolute Gasteiger partial charge is 0.380 e. The summed E-state index contributed by atoms with van der Waals surface area (Å²) in [7, 11) is -3.13. The van der Waals surface area contributed by atoms with Crippen molar-refractivity contribution in [2.75, 3.05) is 38.7 Å². The molecule has 5 nitrogen and oxygen atoms in total. The highest BCUT2D eigenvalue weighted by atomic mass is 32.2. The van der Waals surface area contributed by atoms with Gasteiger partial charge < -0.3 is 9.47 Å². The molecule has 0 bridgehead atoms. The van der Waals surface area contributed by atoms with Gasteiger partial charge >= 0.3 is 0 Å². The summed E-state index contributed by atoms with van der Waals surface area (Å²) in [4.78, 5) is 0. The van der Waals surface area contributed by atoms with Crippen molar-refractivity contribution < 1.29 is 17.9 Å². The average molecular weight is 331 g/mol. The Bertz CT molecular complexity index is 477. The van der Waals surface area contributed by atoms with E-state index in [0.717, 1.165) is 38.4 Å². The highest BCUT2D eigenvalue weighted by molar-refractivity contribution is 7.89. The lowest BCUT2D eigenvalue weighted by atomic mass is 9.73. The Morgan fingerprint density at radius 1 is 1.32 bits per heavy atom. The highest BCUT2D eigenvalue weighted by Gasteiger charge is 2.48. The van der Waals surface area contributed by atoms with Crippen LogP contribution in [0.3, 0.4) is 0 Å². The molecule has 0 unspecified atom stereocenters. The Labute approximate surface area is 134 Å². The molecule has 2 saturated heterocycles. The lowest BCUT2D eigenvalue weighted by Crippen LogP contribution is -2.58. The molecule has 2 heterocycles. The van der Waals surface area contributed by atoms with Crippen LogP contribution in [0.25, 0.3) is 0 Å². The quantitative estimate of drug-likeness (QED) is 0.716. The predicted octanol–water partition coefficient (Wildman–Crippen LogP) is 2.02. The van der Waals surface area contributed by atoms with Crippen LogP contribution in [-0.4, -0.2) is 57.5 Å². The first-order chi connectivity index (χ1) is 10.6. The predicted molar refractivity (Wildman–Crippen MR) is 85.2 cm³/mol. The normalized spacial score (nSPS) is 33.6. The summed E-state index contributed by atoms with van der Waals surface area (Å²) >= 11 is 0. The van der Waals surface area contributed by atoms with Gasteiger partial charge in [-0.3, -0.25) is 0 Å². The Balaban J connectivity index is 1.68. The zero-order chi connectivity index (χ0) is 15.6. The van der Waals surface area contributed by atoms with E-state index in [4.69, 9.17) is 9.47 Å². The van der Waals surface area contributed by atoms with Crippen molar-refractivity contribution in [1.82, 2.24) is 4.31 Å². The second-order valence-corrected chi connectivity index (χ2v) is 9.31. The van der Waals surface area contributed by atoms with Gasteiger partial charge in [0.2, 0.25) is 10.0 Å². The van der Waals surface area contributed by atoms with Gasteiger partial charge in [-0.2, -0.15) is 0 Å². The maximum Gasteiger partial charge on any atom is 0.214 e. The molecule has 3 fully saturated rings. The van der Waals surface area contributed by atoms with Gasteiger partial charge in [-0.25, -0.2) is 12.7 Å². The lowest BCUT2D eigenvalue weighted by Gasteiger charge is -2.49. The molecular formula is C16H29NO4S. The highest BCUT2D eigenvalue weighted by Crippen LogP contribution is 2.41. The van der Waals surface area contributed by atoms with E-state index in [-0.39, 0.29) is 17.3 Å². The third-order valence-electron chi connectivity index (χ3n) is 5.25. The number of piperidine rings is 1. The molecular weight excluding hydrogens is 302 g/mol. The molecule has 0 aromatic heterocycles. The fourth-order valence-electron chi connectivity index (χ4n) is 3.80. The van der Waals surface area contributed by atoms with E-state index < -0.39 is 10.0 Å². The van der Waals surface area contributed by atoms with Crippen molar-refractivity contribution >= 4 is 10.0 Å². The summed E-state index contributed by atoms with van der Waals surface area (Å²) in [6, 6.07) is 0. The SMILES string of the molecule is CCCS(=O)(=O)N1CC[C@@H]2OCCC[C@@]2(COCC2CC2)C1. The van der Waals surface area contributed by atoms with E-state index in [1.54, 1.807) is 4.31 Å². The summed E-state index contributed by atoms with van der Waals surface area (Å²) in [6.45, 7) is 5.36. The van der Waals surface area contributed by atoms with Gasteiger partial charge in [0, 0.05) is 31.7 Å². The van der Waals surface area contributed by atoms with Crippen LogP contribution < -0.4 is 0 Å². The first-order valence-corrected chi connectivity index (χ1v) is 10.3. The molecule has 0 aromatic rings. The Kier molecular flexibility index (Phi) is 5.12. The molecule has 1 saturated carbocycles. The molecule has 0 aromatic carbocycles. The van der Waals surface area contributed by atoms with Crippen LogP contribution in [-0.2, 0) is 19.5 Å². The third-order valence-corrected chi connectivity index (χ3v) is 7.27. The van der Waals surface area contributed by atoms with Crippen molar-refractivity contribution in [3.63, 3.8) is 0 Å². The number of hydrogen-bond acceptors (Lipinski definition) is 4. The summed E-state index contributed by atoms with van der Waals surface area (Å²) in [5.74, 6) is 0.986. The lowest BCUT2D eigenvalue weighted by molar-refractivity contribution is -0.143. The van der Waals surface area contributed by atoms with Crippen LogP contribution in [0.15, 0.2) is 0 Å². The van der Waals surface area contributed by atoms with Crippen LogP contribution in [0.2, 0.25) is 0 Å². The standard InChI is InChI=1S/C16H29NO4S/c1-2-10-22(18,19)17-8-6-15-16(12-17,7-3-9-21-15)13-20-11-14-4-5-14/h14-15H,2-13H2,1H3/t15-,16-/m0/s1. The molecule has 0 radical (unpaired) electrons. The second kappa shape index (κ2) is 6.75. The Hall–Kier alpha value is -0.170. The molecule has 0 amide bonds. The van der Waals surface area contributed by atoms with Gasteiger partial charge in [0.25, 0.3) is 0 Å². The van der Waals surface area contributed by atoms with Gasteiger partial charge in [-0.05, 0) is 44.4 Å². The van der Waals surface area contributed by atoms with Gasteiger partial charge in [0.05, 0.1) is 18.5 Å². The number of rotatable bonds is 7. The average Bonchev–Trinajstić information content (AvgIpc) is 3.31.